The number of nitrogens with one attached hydrogen (secondary N) is 2. The topological polar surface area (TPSA) is 52.6 Å². The maximum atomic E-state index is 12.7. The number of rotatable bonds is 5. The van der Waals surface area contributed by atoms with E-state index in [1.165, 1.54) is 4.88 Å². The molecule has 0 spiro atoms. The van der Waals surface area contributed by atoms with Gasteiger partial charge in [-0.1, -0.05) is 12.1 Å². The van der Waals surface area contributed by atoms with Gasteiger partial charge in [0.1, 0.15) is 0 Å². The fraction of sp³-hybridized carbons (Fsp3) is 0.474. The second-order valence-electron chi connectivity index (χ2n) is 6.85. The van der Waals surface area contributed by atoms with E-state index in [1.54, 1.807) is 30.5 Å². The average Bonchev–Trinajstić information content (AvgIpc) is 3.27. The van der Waals surface area contributed by atoms with Crippen LogP contribution in [0.1, 0.15) is 28.1 Å². The molecule has 1 aliphatic heterocycles. The molecule has 0 bridgehead atoms. The van der Waals surface area contributed by atoms with Crippen molar-refractivity contribution in [3.05, 3.63) is 51.5 Å². The smallest absolute Gasteiger partial charge is 0.352 e. The van der Waals surface area contributed by atoms with Gasteiger partial charge in [-0.25, -0.2) is 4.98 Å². The Morgan fingerprint density at radius 1 is 1.32 bits per heavy atom. The van der Waals surface area contributed by atoms with Gasteiger partial charge in [0, 0.05) is 37.6 Å². The van der Waals surface area contributed by atoms with Gasteiger partial charge in [0.2, 0.25) is 0 Å². The fourth-order valence-corrected chi connectivity index (χ4v) is 3.92. The summed E-state index contributed by atoms with van der Waals surface area (Å²) in [7, 11) is 1.74. The first kappa shape index (κ1) is 20.6. The largest absolute Gasteiger partial charge is 0.416 e. The van der Waals surface area contributed by atoms with Crippen LogP contribution in [0.15, 0.2) is 34.8 Å². The molecule has 0 amide bonds. The fourth-order valence-electron chi connectivity index (χ4n) is 3.20. The van der Waals surface area contributed by atoms with Gasteiger partial charge in [-0.15, -0.1) is 11.3 Å². The molecule has 0 radical (unpaired) electrons. The van der Waals surface area contributed by atoms with E-state index in [9.17, 15) is 13.2 Å². The third-order valence-corrected chi connectivity index (χ3v) is 5.72. The number of aliphatic imine (C=N–C) groups is 1. The van der Waals surface area contributed by atoms with E-state index in [0.29, 0.717) is 13.1 Å². The van der Waals surface area contributed by atoms with Crippen LogP contribution in [0.2, 0.25) is 0 Å². The molecule has 1 saturated heterocycles. The van der Waals surface area contributed by atoms with Crippen LogP contribution in [-0.4, -0.2) is 42.0 Å². The predicted octanol–water partition coefficient (Wildman–Crippen LogP) is 3.41. The SMILES string of the molecule is CN=C(NCc1scnc1C)NC1CCN(Cc2ccc(C(F)(F)F)cc2)C1. The first-order valence-corrected chi connectivity index (χ1v) is 9.97. The Balaban J connectivity index is 1.47. The average molecular weight is 411 g/mol. The second kappa shape index (κ2) is 8.91. The van der Waals surface area contributed by atoms with Gasteiger partial charge in [-0.2, -0.15) is 13.2 Å². The number of aromatic nitrogens is 1. The number of aryl methyl sites for hydroxylation is 1. The molecule has 2 heterocycles. The Bertz CT molecular complexity index is 801. The highest BCUT2D eigenvalue weighted by Gasteiger charge is 2.30. The molecule has 1 aliphatic rings. The van der Waals surface area contributed by atoms with E-state index < -0.39 is 11.7 Å². The van der Waals surface area contributed by atoms with Crippen LogP contribution < -0.4 is 10.6 Å². The van der Waals surface area contributed by atoms with E-state index in [-0.39, 0.29) is 6.04 Å². The maximum Gasteiger partial charge on any atom is 0.416 e. The van der Waals surface area contributed by atoms with Crippen molar-refractivity contribution in [2.45, 2.75) is 38.7 Å². The highest BCUT2D eigenvalue weighted by molar-refractivity contribution is 7.09. The zero-order valence-corrected chi connectivity index (χ0v) is 16.7. The lowest BCUT2D eigenvalue weighted by Crippen LogP contribution is -2.44. The van der Waals surface area contributed by atoms with E-state index >= 15 is 0 Å². The maximum absolute atomic E-state index is 12.7. The summed E-state index contributed by atoms with van der Waals surface area (Å²) in [6.07, 6.45) is -3.33. The highest BCUT2D eigenvalue weighted by Crippen LogP contribution is 2.29. The monoisotopic (exact) mass is 411 g/mol. The number of thiazole rings is 1. The summed E-state index contributed by atoms with van der Waals surface area (Å²) in [6.45, 7) is 5.02. The van der Waals surface area contributed by atoms with Gasteiger partial charge >= 0.3 is 6.18 Å². The summed E-state index contributed by atoms with van der Waals surface area (Å²) in [6, 6.07) is 5.66. The van der Waals surface area contributed by atoms with Gasteiger partial charge in [0.05, 0.1) is 23.3 Å². The van der Waals surface area contributed by atoms with Gasteiger partial charge in [0.25, 0.3) is 0 Å². The first-order chi connectivity index (χ1) is 13.3. The molecule has 0 aliphatic carbocycles. The van der Waals surface area contributed by atoms with E-state index in [4.69, 9.17) is 0 Å². The molecule has 2 aromatic rings. The molecule has 5 nitrogen and oxygen atoms in total. The zero-order valence-electron chi connectivity index (χ0n) is 15.9. The number of hydrogen-bond acceptors (Lipinski definition) is 4. The van der Waals surface area contributed by atoms with Crippen molar-refractivity contribution < 1.29 is 13.2 Å². The molecule has 1 aromatic heterocycles. The lowest BCUT2D eigenvalue weighted by Gasteiger charge is -2.19. The standard InChI is InChI=1S/C19H24F3N5S/c1-13-17(28-12-25-13)9-24-18(23-2)26-16-7-8-27(11-16)10-14-3-5-15(6-4-14)19(20,21)22/h3-6,12,16H,7-11H2,1-2H3,(H2,23,24,26). The molecular weight excluding hydrogens is 387 g/mol. The van der Waals surface area contributed by atoms with Gasteiger partial charge in [-0.3, -0.25) is 9.89 Å². The van der Waals surface area contributed by atoms with Gasteiger partial charge < -0.3 is 10.6 Å². The van der Waals surface area contributed by atoms with Crippen molar-refractivity contribution in [2.75, 3.05) is 20.1 Å². The van der Waals surface area contributed by atoms with Crippen LogP contribution in [0.3, 0.4) is 0 Å². The van der Waals surface area contributed by atoms with Gasteiger partial charge in [-0.05, 0) is 31.0 Å². The Morgan fingerprint density at radius 2 is 2.07 bits per heavy atom. The number of alkyl halides is 3. The summed E-state index contributed by atoms with van der Waals surface area (Å²) >= 11 is 1.61. The molecule has 9 heteroatoms. The molecule has 2 N–H and O–H groups in total. The third kappa shape index (κ3) is 5.45. The second-order valence-corrected chi connectivity index (χ2v) is 7.79. The molecule has 1 aromatic carbocycles. The van der Waals surface area contributed by atoms with Crippen LogP contribution in [0.4, 0.5) is 13.2 Å². The number of nitrogens with zero attached hydrogens (tertiary/aromatic N) is 3. The molecule has 3 rings (SSSR count). The Labute approximate surface area is 166 Å². The Morgan fingerprint density at radius 3 is 2.68 bits per heavy atom. The summed E-state index contributed by atoms with van der Waals surface area (Å²) in [5, 5.41) is 6.73. The van der Waals surface area contributed by atoms with E-state index in [0.717, 1.165) is 48.9 Å². The Kier molecular flexibility index (Phi) is 6.56. The van der Waals surface area contributed by atoms with Crippen molar-refractivity contribution in [3.63, 3.8) is 0 Å². The molecular formula is C19H24F3N5S. The number of likely N-dealkylation sites (tertiary alicyclic amines) is 1. The van der Waals surface area contributed by atoms with Crippen LogP contribution >= 0.6 is 11.3 Å². The van der Waals surface area contributed by atoms with Crippen LogP contribution in [-0.2, 0) is 19.3 Å². The predicted molar refractivity (Wildman–Crippen MR) is 105 cm³/mol. The first-order valence-electron chi connectivity index (χ1n) is 9.10. The minimum atomic E-state index is -4.29. The van der Waals surface area contributed by atoms with Crippen molar-refractivity contribution in [3.8, 4) is 0 Å². The number of hydrogen-bond donors (Lipinski definition) is 2. The molecule has 1 unspecified atom stereocenters. The van der Waals surface area contributed by atoms with Crippen LogP contribution in [0, 0.1) is 6.92 Å². The highest BCUT2D eigenvalue weighted by atomic mass is 32.1. The van der Waals surface area contributed by atoms with Crippen molar-refractivity contribution in [1.82, 2.24) is 20.5 Å². The molecule has 28 heavy (non-hydrogen) atoms. The minimum Gasteiger partial charge on any atom is -0.352 e. The van der Waals surface area contributed by atoms with Gasteiger partial charge in [0.15, 0.2) is 5.96 Å². The summed E-state index contributed by atoms with van der Waals surface area (Å²) in [5.74, 6) is 0.745. The summed E-state index contributed by atoms with van der Waals surface area (Å²) in [5.41, 5.74) is 3.13. The molecule has 152 valence electrons. The lowest BCUT2D eigenvalue weighted by molar-refractivity contribution is -0.137. The normalized spacial score (nSPS) is 18.5. The zero-order chi connectivity index (χ0) is 20.1. The Hall–Kier alpha value is -2.13. The summed E-state index contributed by atoms with van der Waals surface area (Å²) in [4.78, 5) is 11.9. The van der Waals surface area contributed by atoms with Crippen molar-refractivity contribution >= 4 is 17.3 Å². The summed E-state index contributed by atoms with van der Waals surface area (Å²) < 4.78 is 38.0. The van der Waals surface area contributed by atoms with E-state index in [1.807, 2.05) is 12.4 Å². The van der Waals surface area contributed by atoms with Crippen LogP contribution in [0.25, 0.3) is 0 Å². The van der Waals surface area contributed by atoms with Crippen LogP contribution in [0.5, 0.6) is 0 Å². The van der Waals surface area contributed by atoms with Crippen molar-refractivity contribution in [2.24, 2.45) is 4.99 Å². The molecule has 1 fully saturated rings. The number of halogens is 3. The number of benzene rings is 1. The third-order valence-electron chi connectivity index (χ3n) is 4.79. The molecule has 0 saturated carbocycles. The lowest BCUT2D eigenvalue weighted by atomic mass is 10.1. The van der Waals surface area contributed by atoms with Crippen molar-refractivity contribution in [1.29, 1.82) is 0 Å². The minimum absolute atomic E-state index is 0.253. The number of guanidine groups is 1. The van der Waals surface area contributed by atoms with E-state index in [2.05, 4.69) is 25.5 Å². The molecule has 1 atom stereocenters. The quantitative estimate of drug-likeness (QED) is 0.585.